The first-order valence-electron chi connectivity index (χ1n) is 4.95. The molecule has 0 unspecified atom stereocenters. The second kappa shape index (κ2) is 7.78. The molecular weight excluding hydrogens is 327 g/mol. The standard InChI is InChI=1S/C12H10N2O.CH3I/c15-12-3-1-11(2-4-12)14-9-10-5-7-13-8-6-10;1-2/h1-9,15H;1H3. The van der Waals surface area contributed by atoms with E-state index in [1.807, 2.05) is 17.1 Å². The van der Waals surface area contributed by atoms with Crippen LogP contribution in [0.4, 0.5) is 5.69 Å². The van der Waals surface area contributed by atoms with Crippen LogP contribution in [-0.2, 0) is 0 Å². The van der Waals surface area contributed by atoms with Gasteiger partial charge in [0.1, 0.15) is 5.75 Å². The number of aromatic hydroxyl groups is 1. The second-order valence-electron chi connectivity index (χ2n) is 3.06. The van der Waals surface area contributed by atoms with Gasteiger partial charge in [-0.3, -0.25) is 9.98 Å². The van der Waals surface area contributed by atoms with Gasteiger partial charge >= 0.3 is 0 Å². The molecule has 0 aliphatic rings. The molecule has 2 rings (SSSR count). The van der Waals surface area contributed by atoms with Gasteiger partial charge in [0.2, 0.25) is 0 Å². The van der Waals surface area contributed by atoms with Crippen molar-refractivity contribution in [1.82, 2.24) is 4.98 Å². The maximum absolute atomic E-state index is 9.08. The maximum atomic E-state index is 9.08. The minimum atomic E-state index is 0.248. The highest BCUT2D eigenvalue weighted by molar-refractivity contribution is 14.1. The van der Waals surface area contributed by atoms with Gasteiger partial charge in [0.05, 0.1) is 5.69 Å². The highest BCUT2D eigenvalue weighted by atomic mass is 127. The van der Waals surface area contributed by atoms with Crippen molar-refractivity contribution < 1.29 is 5.11 Å². The van der Waals surface area contributed by atoms with Crippen LogP contribution >= 0.6 is 22.6 Å². The van der Waals surface area contributed by atoms with Gasteiger partial charge in [-0.05, 0) is 46.9 Å². The van der Waals surface area contributed by atoms with E-state index in [2.05, 4.69) is 32.6 Å². The van der Waals surface area contributed by atoms with Gasteiger partial charge < -0.3 is 5.11 Å². The molecule has 1 heterocycles. The molecule has 0 atom stereocenters. The summed E-state index contributed by atoms with van der Waals surface area (Å²) in [7, 11) is 0. The van der Waals surface area contributed by atoms with Gasteiger partial charge in [-0.2, -0.15) is 0 Å². The molecule has 0 amide bonds. The van der Waals surface area contributed by atoms with Crippen molar-refractivity contribution in [3.63, 3.8) is 0 Å². The fourth-order valence-electron chi connectivity index (χ4n) is 1.14. The summed E-state index contributed by atoms with van der Waals surface area (Å²) in [4.78, 5) is 10.1. The molecule has 0 saturated carbocycles. The molecule has 1 aromatic carbocycles. The van der Waals surface area contributed by atoms with Gasteiger partial charge in [0, 0.05) is 18.6 Å². The number of pyridine rings is 1. The van der Waals surface area contributed by atoms with Crippen LogP contribution < -0.4 is 0 Å². The minimum absolute atomic E-state index is 0.248. The molecule has 0 aliphatic carbocycles. The molecule has 0 fully saturated rings. The number of rotatable bonds is 2. The van der Waals surface area contributed by atoms with E-state index in [1.165, 1.54) is 0 Å². The van der Waals surface area contributed by atoms with Crippen LogP contribution in [0.1, 0.15) is 5.56 Å². The summed E-state index contributed by atoms with van der Waals surface area (Å²) < 4.78 is 0. The maximum Gasteiger partial charge on any atom is 0.115 e. The van der Waals surface area contributed by atoms with E-state index in [0.717, 1.165) is 11.3 Å². The molecule has 1 aromatic heterocycles. The first-order valence-corrected chi connectivity index (χ1v) is 7.11. The largest absolute Gasteiger partial charge is 0.508 e. The number of halogens is 1. The van der Waals surface area contributed by atoms with Crippen molar-refractivity contribution in [2.75, 3.05) is 4.93 Å². The third kappa shape index (κ3) is 4.95. The fourth-order valence-corrected chi connectivity index (χ4v) is 1.14. The van der Waals surface area contributed by atoms with E-state index >= 15 is 0 Å². The van der Waals surface area contributed by atoms with Crippen LogP contribution in [0, 0.1) is 0 Å². The smallest absolute Gasteiger partial charge is 0.115 e. The highest BCUT2D eigenvalue weighted by Gasteiger charge is 1.89. The summed E-state index contributed by atoms with van der Waals surface area (Å²) in [6, 6.07) is 10.5. The normalized spacial score (nSPS) is 9.76. The van der Waals surface area contributed by atoms with Crippen LogP contribution in [-0.4, -0.2) is 21.2 Å². The number of phenolic OH excluding ortho intramolecular Hbond substituents is 1. The molecule has 0 spiro atoms. The molecule has 4 heteroatoms. The molecular formula is C13H13IN2O. The third-order valence-electron chi connectivity index (χ3n) is 1.92. The molecule has 1 N–H and O–H groups in total. The zero-order valence-electron chi connectivity index (χ0n) is 9.42. The lowest BCUT2D eigenvalue weighted by Gasteiger charge is -1.94. The Kier molecular flexibility index (Phi) is 6.24. The number of alkyl halides is 1. The predicted molar refractivity (Wildman–Crippen MR) is 79.5 cm³/mol. The van der Waals surface area contributed by atoms with Gasteiger partial charge in [0.15, 0.2) is 0 Å². The van der Waals surface area contributed by atoms with E-state index in [4.69, 9.17) is 5.11 Å². The van der Waals surface area contributed by atoms with Crippen LogP contribution in [0.25, 0.3) is 0 Å². The SMILES string of the molecule is CI.Oc1ccc(N=Cc2ccncc2)cc1. The lowest BCUT2D eigenvalue weighted by Crippen LogP contribution is -1.79. The van der Waals surface area contributed by atoms with Crippen molar-refractivity contribution in [3.05, 3.63) is 54.4 Å². The van der Waals surface area contributed by atoms with Crippen molar-refractivity contribution in [3.8, 4) is 5.75 Å². The highest BCUT2D eigenvalue weighted by Crippen LogP contribution is 2.16. The van der Waals surface area contributed by atoms with Gasteiger partial charge in [-0.25, -0.2) is 0 Å². The van der Waals surface area contributed by atoms with Crippen LogP contribution in [0.5, 0.6) is 5.75 Å². The number of phenols is 1. The van der Waals surface area contributed by atoms with Gasteiger partial charge in [-0.1, -0.05) is 22.6 Å². The summed E-state index contributed by atoms with van der Waals surface area (Å²) in [6.45, 7) is 0. The van der Waals surface area contributed by atoms with Crippen LogP contribution in [0.3, 0.4) is 0 Å². The fraction of sp³-hybridized carbons (Fsp3) is 0.0769. The summed E-state index contributed by atoms with van der Waals surface area (Å²) >= 11 is 2.15. The second-order valence-corrected chi connectivity index (χ2v) is 3.06. The molecule has 2 aromatic rings. The van der Waals surface area contributed by atoms with E-state index in [0.29, 0.717) is 0 Å². The summed E-state index contributed by atoms with van der Waals surface area (Å²) in [5.74, 6) is 0.248. The molecule has 0 aliphatic heterocycles. The van der Waals surface area contributed by atoms with Crippen molar-refractivity contribution in [1.29, 1.82) is 0 Å². The topological polar surface area (TPSA) is 45.5 Å². The number of hydrogen-bond donors (Lipinski definition) is 1. The quantitative estimate of drug-likeness (QED) is 0.516. The number of aliphatic imine (C=N–C) groups is 1. The summed E-state index contributed by atoms with van der Waals surface area (Å²) in [6.07, 6.45) is 5.20. The number of aromatic nitrogens is 1. The molecule has 3 nitrogen and oxygen atoms in total. The van der Waals surface area contributed by atoms with Gasteiger partial charge in [0.25, 0.3) is 0 Å². The van der Waals surface area contributed by atoms with E-state index in [1.54, 1.807) is 42.9 Å². The Morgan fingerprint density at radius 1 is 1.06 bits per heavy atom. The van der Waals surface area contributed by atoms with E-state index in [-0.39, 0.29) is 5.75 Å². The average molecular weight is 340 g/mol. The Hall–Kier alpha value is -1.43. The van der Waals surface area contributed by atoms with E-state index < -0.39 is 0 Å². The molecule has 88 valence electrons. The Balaban J connectivity index is 0.000000686. The number of benzene rings is 1. The molecule has 0 bridgehead atoms. The monoisotopic (exact) mass is 340 g/mol. The zero-order chi connectivity index (χ0) is 12.5. The van der Waals surface area contributed by atoms with Crippen molar-refractivity contribution in [2.24, 2.45) is 4.99 Å². The average Bonchev–Trinajstić information content (AvgIpc) is 2.42. The van der Waals surface area contributed by atoms with Crippen molar-refractivity contribution >= 4 is 34.5 Å². The summed E-state index contributed by atoms with van der Waals surface area (Å²) in [5.41, 5.74) is 1.81. The number of nitrogens with zero attached hydrogens (tertiary/aromatic N) is 2. The molecule has 0 radical (unpaired) electrons. The summed E-state index contributed by atoms with van der Waals surface area (Å²) in [5, 5.41) is 9.08. The minimum Gasteiger partial charge on any atom is -0.508 e. The van der Waals surface area contributed by atoms with E-state index in [9.17, 15) is 0 Å². The first-order chi connectivity index (χ1) is 8.34. The first kappa shape index (κ1) is 13.6. The predicted octanol–water partition coefficient (Wildman–Crippen LogP) is 3.59. The third-order valence-corrected chi connectivity index (χ3v) is 1.92. The Labute approximate surface area is 114 Å². The molecule has 17 heavy (non-hydrogen) atoms. The zero-order valence-corrected chi connectivity index (χ0v) is 11.6. The van der Waals surface area contributed by atoms with Gasteiger partial charge in [-0.15, -0.1) is 0 Å². The molecule has 0 saturated heterocycles. The lowest BCUT2D eigenvalue weighted by molar-refractivity contribution is 0.475. The van der Waals surface area contributed by atoms with Crippen LogP contribution in [0.15, 0.2) is 53.8 Å². The Morgan fingerprint density at radius 3 is 2.24 bits per heavy atom. The lowest BCUT2D eigenvalue weighted by atomic mass is 10.3. The van der Waals surface area contributed by atoms with Crippen molar-refractivity contribution in [2.45, 2.75) is 0 Å². The number of hydrogen-bond acceptors (Lipinski definition) is 3. The Morgan fingerprint density at radius 2 is 1.65 bits per heavy atom. The van der Waals surface area contributed by atoms with Crippen LogP contribution in [0.2, 0.25) is 0 Å². The Bertz CT molecular complexity index is 455.